The van der Waals surface area contributed by atoms with Crippen LogP contribution in [-0.2, 0) is 0 Å². The van der Waals surface area contributed by atoms with Gasteiger partial charge in [0, 0.05) is 30.6 Å². The number of piperidine rings is 1. The van der Waals surface area contributed by atoms with Crippen LogP contribution in [0.5, 0.6) is 5.75 Å². The van der Waals surface area contributed by atoms with Gasteiger partial charge in [-0.15, -0.1) is 0 Å². The Kier molecular flexibility index (Phi) is 3.98. The number of para-hydroxylation sites is 1. The van der Waals surface area contributed by atoms with Crippen molar-refractivity contribution in [3.63, 3.8) is 0 Å². The van der Waals surface area contributed by atoms with Crippen molar-refractivity contribution in [1.82, 2.24) is 4.90 Å². The Labute approximate surface area is 128 Å². The molecule has 1 fully saturated rings. The summed E-state index contributed by atoms with van der Waals surface area (Å²) in [6, 6.07) is 9.61. The second-order valence-corrected chi connectivity index (χ2v) is 7.34. The summed E-state index contributed by atoms with van der Waals surface area (Å²) in [6.45, 7) is 8.68. The lowest BCUT2D eigenvalue weighted by molar-refractivity contribution is -0.00341. The molecule has 0 spiro atoms. The third kappa shape index (κ3) is 2.95. The van der Waals surface area contributed by atoms with Crippen LogP contribution in [-0.4, -0.2) is 29.6 Å². The van der Waals surface area contributed by atoms with Gasteiger partial charge in [-0.25, -0.2) is 0 Å². The molecule has 3 rings (SSSR count). The van der Waals surface area contributed by atoms with E-state index in [0.29, 0.717) is 18.0 Å². The number of benzene rings is 1. The molecule has 1 saturated heterocycles. The lowest BCUT2D eigenvalue weighted by Gasteiger charge is -2.48. The SMILES string of the molecule is CC1CCC(CN)CN1C1CC(C)(C)Oc2ccccc21. The van der Waals surface area contributed by atoms with E-state index in [-0.39, 0.29) is 5.60 Å². The van der Waals surface area contributed by atoms with E-state index in [1.807, 2.05) is 0 Å². The average molecular weight is 288 g/mol. The zero-order valence-electron chi connectivity index (χ0n) is 13.5. The Morgan fingerprint density at radius 1 is 1.29 bits per heavy atom. The molecule has 0 aromatic heterocycles. The summed E-state index contributed by atoms with van der Waals surface area (Å²) in [5.74, 6) is 1.69. The Bertz CT molecular complexity index is 500. The fourth-order valence-corrected chi connectivity index (χ4v) is 3.90. The number of fused-ring (bicyclic) bond motifs is 1. The summed E-state index contributed by atoms with van der Waals surface area (Å²) in [4.78, 5) is 2.67. The Morgan fingerprint density at radius 2 is 2.05 bits per heavy atom. The zero-order valence-corrected chi connectivity index (χ0v) is 13.5. The van der Waals surface area contributed by atoms with Crippen LogP contribution in [0.3, 0.4) is 0 Å². The van der Waals surface area contributed by atoms with Gasteiger partial charge in [0.05, 0.1) is 0 Å². The molecule has 0 amide bonds. The van der Waals surface area contributed by atoms with Crippen molar-refractivity contribution in [2.45, 2.75) is 57.7 Å². The summed E-state index contributed by atoms with van der Waals surface area (Å²) in [5, 5.41) is 0. The molecule has 1 aromatic carbocycles. The third-order valence-electron chi connectivity index (χ3n) is 5.11. The van der Waals surface area contributed by atoms with Crippen LogP contribution in [0.2, 0.25) is 0 Å². The number of hydrogen-bond acceptors (Lipinski definition) is 3. The molecule has 1 aromatic rings. The number of nitrogens with zero attached hydrogens (tertiary/aromatic N) is 1. The maximum absolute atomic E-state index is 6.18. The van der Waals surface area contributed by atoms with E-state index >= 15 is 0 Å². The van der Waals surface area contributed by atoms with Crippen molar-refractivity contribution in [2.75, 3.05) is 13.1 Å². The second-order valence-electron chi connectivity index (χ2n) is 7.34. The molecule has 0 bridgehead atoms. The second kappa shape index (κ2) is 5.62. The first-order valence-electron chi connectivity index (χ1n) is 8.24. The van der Waals surface area contributed by atoms with Crippen molar-refractivity contribution in [2.24, 2.45) is 11.7 Å². The van der Waals surface area contributed by atoms with E-state index in [1.54, 1.807) is 0 Å². The van der Waals surface area contributed by atoms with Crippen LogP contribution < -0.4 is 10.5 Å². The van der Waals surface area contributed by atoms with E-state index < -0.39 is 0 Å². The highest BCUT2D eigenvalue weighted by Crippen LogP contribution is 2.44. The van der Waals surface area contributed by atoms with Crippen molar-refractivity contribution in [3.8, 4) is 5.75 Å². The minimum Gasteiger partial charge on any atom is -0.487 e. The highest BCUT2D eigenvalue weighted by Gasteiger charge is 2.39. The largest absolute Gasteiger partial charge is 0.487 e. The molecule has 3 nitrogen and oxygen atoms in total. The highest BCUT2D eigenvalue weighted by atomic mass is 16.5. The molecule has 3 heteroatoms. The minimum atomic E-state index is -0.103. The molecule has 0 aliphatic carbocycles. The molecule has 0 saturated carbocycles. The molecule has 2 N–H and O–H groups in total. The molecule has 21 heavy (non-hydrogen) atoms. The Morgan fingerprint density at radius 3 is 2.81 bits per heavy atom. The first kappa shape index (κ1) is 14.9. The van der Waals surface area contributed by atoms with Gasteiger partial charge in [-0.3, -0.25) is 4.90 Å². The number of nitrogens with two attached hydrogens (primary N) is 1. The summed E-state index contributed by atoms with van der Waals surface area (Å²) >= 11 is 0. The molecule has 116 valence electrons. The van der Waals surface area contributed by atoms with Gasteiger partial charge in [0.15, 0.2) is 0 Å². The maximum atomic E-state index is 6.18. The fraction of sp³-hybridized carbons (Fsp3) is 0.667. The monoisotopic (exact) mass is 288 g/mol. The first-order valence-corrected chi connectivity index (χ1v) is 8.24. The predicted octanol–water partition coefficient (Wildman–Crippen LogP) is 3.35. The van der Waals surface area contributed by atoms with Gasteiger partial charge in [0.25, 0.3) is 0 Å². The summed E-state index contributed by atoms with van der Waals surface area (Å²) in [7, 11) is 0. The van der Waals surface area contributed by atoms with E-state index in [9.17, 15) is 0 Å². The van der Waals surface area contributed by atoms with Crippen molar-refractivity contribution < 1.29 is 4.74 Å². The standard InChI is InChI=1S/C18H28N2O/c1-13-8-9-14(11-19)12-20(13)16-10-18(2,3)21-17-7-5-4-6-15(16)17/h4-7,13-14,16H,8-12,19H2,1-3H3. The van der Waals surface area contributed by atoms with Gasteiger partial charge in [0.2, 0.25) is 0 Å². The quantitative estimate of drug-likeness (QED) is 0.907. The van der Waals surface area contributed by atoms with Crippen LogP contribution >= 0.6 is 0 Å². The number of likely N-dealkylation sites (tertiary alicyclic amines) is 1. The van der Waals surface area contributed by atoms with Gasteiger partial charge in [-0.1, -0.05) is 18.2 Å². The normalized spacial score (nSPS) is 32.3. The smallest absolute Gasteiger partial charge is 0.124 e. The molecule has 2 heterocycles. The topological polar surface area (TPSA) is 38.5 Å². The predicted molar refractivity (Wildman–Crippen MR) is 86.5 cm³/mol. The van der Waals surface area contributed by atoms with Crippen LogP contribution in [0, 0.1) is 5.92 Å². The van der Waals surface area contributed by atoms with E-state index in [2.05, 4.69) is 49.9 Å². The van der Waals surface area contributed by atoms with Gasteiger partial charge in [0.1, 0.15) is 11.4 Å². The van der Waals surface area contributed by atoms with Gasteiger partial charge in [-0.2, -0.15) is 0 Å². The van der Waals surface area contributed by atoms with Gasteiger partial charge >= 0.3 is 0 Å². The minimum absolute atomic E-state index is 0.103. The number of ether oxygens (including phenoxy) is 1. The summed E-state index contributed by atoms with van der Waals surface area (Å²) in [6.07, 6.45) is 3.57. The number of hydrogen-bond donors (Lipinski definition) is 1. The van der Waals surface area contributed by atoms with Crippen LogP contribution in [0.1, 0.15) is 51.6 Å². The van der Waals surface area contributed by atoms with E-state index in [1.165, 1.54) is 18.4 Å². The summed E-state index contributed by atoms with van der Waals surface area (Å²) < 4.78 is 6.18. The molecular formula is C18H28N2O. The van der Waals surface area contributed by atoms with Crippen molar-refractivity contribution in [1.29, 1.82) is 0 Å². The van der Waals surface area contributed by atoms with Crippen LogP contribution in [0.4, 0.5) is 0 Å². The Balaban J connectivity index is 1.93. The molecule has 3 atom stereocenters. The third-order valence-corrected chi connectivity index (χ3v) is 5.11. The van der Waals surface area contributed by atoms with E-state index in [0.717, 1.165) is 25.3 Å². The lowest BCUT2D eigenvalue weighted by atomic mass is 9.84. The molecule has 2 aliphatic rings. The molecule has 3 unspecified atom stereocenters. The number of rotatable bonds is 2. The Hall–Kier alpha value is -1.06. The lowest BCUT2D eigenvalue weighted by Crippen LogP contribution is -2.49. The van der Waals surface area contributed by atoms with Gasteiger partial charge in [-0.05, 0) is 52.1 Å². The zero-order chi connectivity index (χ0) is 15.0. The average Bonchev–Trinajstić information content (AvgIpc) is 2.46. The first-order chi connectivity index (χ1) is 10.00. The fourth-order valence-electron chi connectivity index (χ4n) is 3.90. The van der Waals surface area contributed by atoms with Crippen LogP contribution in [0.25, 0.3) is 0 Å². The van der Waals surface area contributed by atoms with E-state index in [4.69, 9.17) is 10.5 Å². The highest BCUT2D eigenvalue weighted by molar-refractivity contribution is 5.39. The maximum Gasteiger partial charge on any atom is 0.124 e. The molecule has 2 aliphatic heterocycles. The molecular weight excluding hydrogens is 260 g/mol. The van der Waals surface area contributed by atoms with Gasteiger partial charge < -0.3 is 10.5 Å². The van der Waals surface area contributed by atoms with Crippen LogP contribution in [0.15, 0.2) is 24.3 Å². The molecule has 0 radical (unpaired) electrons. The van der Waals surface area contributed by atoms with Crippen molar-refractivity contribution in [3.05, 3.63) is 29.8 Å². The summed E-state index contributed by atoms with van der Waals surface area (Å²) in [5.41, 5.74) is 7.18. The van der Waals surface area contributed by atoms with Crippen molar-refractivity contribution >= 4 is 0 Å².